The first kappa shape index (κ1) is 24.0. The van der Waals surface area contributed by atoms with Gasteiger partial charge < -0.3 is 19.7 Å². The second kappa shape index (κ2) is 7.43. The molecule has 0 spiro atoms. The Bertz CT molecular complexity index is 960. The van der Waals surface area contributed by atoms with Crippen molar-refractivity contribution in [3.05, 3.63) is 11.6 Å². The lowest BCUT2D eigenvalue weighted by Gasteiger charge is -2.64. The van der Waals surface area contributed by atoms with Gasteiger partial charge in [-0.25, -0.2) is 9.18 Å². The van der Waals surface area contributed by atoms with E-state index in [9.17, 15) is 29.4 Å². The fourth-order valence-corrected chi connectivity index (χ4v) is 7.74. The van der Waals surface area contributed by atoms with Crippen molar-refractivity contribution in [1.29, 1.82) is 0 Å². The van der Waals surface area contributed by atoms with E-state index in [2.05, 4.69) is 4.74 Å². The van der Waals surface area contributed by atoms with Gasteiger partial charge in [0.1, 0.15) is 12.3 Å². The molecule has 3 fully saturated rings. The van der Waals surface area contributed by atoms with Crippen LogP contribution in [0.4, 0.5) is 9.18 Å². The van der Waals surface area contributed by atoms with Gasteiger partial charge in [-0.2, -0.15) is 0 Å². The van der Waals surface area contributed by atoms with Gasteiger partial charge in [0.05, 0.1) is 13.2 Å². The molecule has 4 rings (SSSR count). The molecule has 9 heteroatoms. The van der Waals surface area contributed by atoms with Gasteiger partial charge in [0.25, 0.3) is 0 Å². The van der Waals surface area contributed by atoms with Crippen LogP contribution in [0.5, 0.6) is 0 Å². The highest BCUT2D eigenvalue weighted by molar-refractivity contribution is 6.06. The van der Waals surface area contributed by atoms with E-state index in [0.29, 0.717) is 0 Å². The maximum absolute atomic E-state index is 17.3. The number of alkyl halides is 1. The molecular weight excluding hydrogens is 435 g/mol. The number of methoxy groups -OCH3 is 1. The Kier molecular flexibility index (Phi) is 5.41. The number of carbonyl (C=O) groups is 4. The molecule has 2 N–H and O–H groups in total. The van der Waals surface area contributed by atoms with Crippen molar-refractivity contribution in [3.63, 3.8) is 0 Å². The Morgan fingerprint density at radius 1 is 1.21 bits per heavy atom. The molecule has 0 aliphatic heterocycles. The summed E-state index contributed by atoms with van der Waals surface area (Å²) in [5, 5.41) is 21.1. The monoisotopic (exact) mass is 466 g/mol. The Morgan fingerprint density at radius 3 is 2.48 bits per heavy atom. The third-order valence-corrected chi connectivity index (χ3v) is 9.55. The average molecular weight is 467 g/mol. The molecule has 0 amide bonds. The van der Waals surface area contributed by atoms with Crippen molar-refractivity contribution in [2.75, 3.05) is 13.7 Å². The van der Waals surface area contributed by atoms with Gasteiger partial charge in [-0.3, -0.25) is 14.4 Å². The van der Waals surface area contributed by atoms with Gasteiger partial charge in [-0.05, 0) is 37.2 Å². The number of carbonyl (C=O) groups excluding carboxylic acids is 4. The third kappa shape index (κ3) is 2.75. The van der Waals surface area contributed by atoms with Crippen molar-refractivity contribution in [3.8, 4) is 0 Å². The van der Waals surface area contributed by atoms with E-state index in [0.717, 1.165) is 7.11 Å². The van der Waals surface area contributed by atoms with Crippen LogP contribution in [0.15, 0.2) is 11.6 Å². The molecule has 4 aliphatic carbocycles. The summed E-state index contributed by atoms with van der Waals surface area (Å²) in [6.07, 6.45) is -1.56. The number of Topliss-reactive ketones (excluding diaryl/α,β-unsaturated/α-hetero) is 2. The molecule has 0 bridgehead atoms. The van der Waals surface area contributed by atoms with Crippen molar-refractivity contribution < 1.29 is 43.3 Å². The molecule has 0 aromatic heterocycles. The van der Waals surface area contributed by atoms with E-state index in [1.54, 1.807) is 20.8 Å². The van der Waals surface area contributed by atoms with Crippen LogP contribution in [-0.4, -0.2) is 64.8 Å². The highest BCUT2D eigenvalue weighted by atomic mass is 19.1. The maximum atomic E-state index is 17.3. The number of hydrogen-bond acceptors (Lipinski definition) is 8. The third-order valence-electron chi connectivity index (χ3n) is 9.55. The predicted octanol–water partition coefficient (Wildman–Crippen LogP) is 2.09. The molecule has 0 saturated heterocycles. The molecular formula is C24H31FO8. The van der Waals surface area contributed by atoms with Gasteiger partial charge in [0.2, 0.25) is 5.78 Å². The Morgan fingerprint density at radius 2 is 1.88 bits per heavy atom. The van der Waals surface area contributed by atoms with Crippen LogP contribution in [0.2, 0.25) is 0 Å². The fraction of sp³-hybridized carbons (Fsp3) is 0.750. The van der Waals surface area contributed by atoms with Crippen molar-refractivity contribution in [1.82, 2.24) is 0 Å². The van der Waals surface area contributed by atoms with Crippen molar-refractivity contribution in [2.24, 2.45) is 28.6 Å². The highest BCUT2D eigenvalue weighted by Gasteiger charge is 2.77. The fourth-order valence-electron chi connectivity index (χ4n) is 7.74. The summed E-state index contributed by atoms with van der Waals surface area (Å²) in [5.74, 6) is -3.38. The second-order valence-corrected chi connectivity index (χ2v) is 10.6. The van der Waals surface area contributed by atoms with Crippen LogP contribution in [-0.2, 0) is 23.9 Å². The standard InChI is InChI=1S/C24H31FO8/c1-12-7-13(27)8-16-17(28)9-15-14-5-6-23(19(30)11-26,33-20(31)32-4)21(14,2)10-18(29)24(15,25)22(12,16)3/h8,12,14-15,18,26,29H,5-7,9-11H2,1-4H3/t12-,14+,15+,18+,21+,22+,23+,24+/m1/s1. The number of halogens is 1. The number of hydrogen-bond donors (Lipinski definition) is 2. The lowest BCUT2D eigenvalue weighted by atomic mass is 9.42. The van der Waals surface area contributed by atoms with Gasteiger partial charge in [0.15, 0.2) is 17.2 Å². The molecule has 4 aliphatic rings. The van der Waals surface area contributed by atoms with Crippen LogP contribution < -0.4 is 0 Å². The SMILES string of the molecule is COC(=O)O[C@]1(C(=O)CO)CC[C@H]2[C@@H]3CC(=O)C4=CC(=O)C[C@@H](C)[C@]4(C)[C@@]3(F)[C@@H](O)C[C@@]21C. The zero-order valence-corrected chi connectivity index (χ0v) is 19.4. The summed E-state index contributed by atoms with van der Waals surface area (Å²) in [6, 6.07) is 0. The van der Waals surface area contributed by atoms with E-state index in [1.807, 2.05) is 0 Å². The minimum Gasteiger partial charge on any atom is -0.438 e. The van der Waals surface area contributed by atoms with E-state index < -0.39 is 64.5 Å². The number of allylic oxidation sites excluding steroid dienone is 1. The summed E-state index contributed by atoms with van der Waals surface area (Å²) in [7, 11) is 1.09. The second-order valence-electron chi connectivity index (χ2n) is 10.6. The highest BCUT2D eigenvalue weighted by Crippen LogP contribution is 2.71. The summed E-state index contributed by atoms with van der Waals surface area (Å²) >= 11 is 0. The van der Waals surface area contributed by atoms with Crippen LogP contribution in [0, 0.1) is 28.6 Å². The van der Waals surface area contributed by atoms with Gasteiger partial charge >= 0.3 is 6.16 Å². The maximum Gasteiger partial charge on any atom is 0.509 e. The van der Waals surface area contributed by atoms with Gasteiger partial charge in [-0.1, -0.05) is 20.8 Å². The van der Waals surface area contributed by atoms with E-state index in [4.69, 9.17) is 4.74 Å². The first-order valence-corrected chi connectivity index (χ1v) is 11.4. The molecule has 8 atom stereocenters. The number of aliphatic hydroxyl groups is 2. The predicted molar refractivity (Wildman–Crippen MR) is 112 cm³/mol. The van der Waals surface area contributed by atoms with E-state index >= 15 is 4.39 Å². The first-order valence-electron chi connectivity index (χ1n) is 11.4. The molecule has 3 saturated carbocycles. The normalized spacial score (nSPS) is 46.6. The number of rotatable bonds is 3. The zero-order chi connectivity index (χ0) is 24.6. The minimum atomic E-state index is -2.22. The van der Waals surface area contributed by atoms with Crippen LogP contribution >= 0.6 is 0 Å². The molecule has 33 heavy (non-hydrogen) atoms. The Labute approximate surface area is 191 Å². The Balaban J connectivity index is 1.87. The van der Waals surface area contributed by atoms with Crippen molar-refractivity contribution in [2.45, 2.75) is 70.2 Å². The number of ketones is 3. The summed E-state index contributed by atoms with van der Waals surface area (Å²) in [5.41, 5.74) is -6.52. The first-order chi connectivity index (χ1) is 15.3. The smallest absolute Gasteiger partial charge is 0.438 e. The molecule has 8 nitrogen and oxygen atoms in total. The van der Waals surface area contributed by atoms with Gasteiger partial charge in [0, 0.05) is 35.2 Å². The van der Waals surface area contributed by atoms with Crippen molar-refractivity contribution >= 4 is 23.5 Å². The van der Waals surface area contributed by atoms with Crippen LogP contribution in [0.25, 0.3) is 0 Å². The summed E-state index contributed by atoms with van der Waals surface area (Å²) < 4.78 is 27.4. The lowest BCUT2D eigenvalue weighted by Crippen LogP contribution is -2.72. The molecule has 0 radical (unpaired) electrons. The number of ether oxygens (including phenoxy) is 2. The van der Waals surface area contributed by atoms with E-state index in [1.165, 1.54) is 6.08 Å². The van der Waals surface area contributed by atoms with Crippen LogP contribution in [0.1, 0.15) is 52.9 Å². The zero-order valence-electron chi connectivity index (χ0n) is 19.4. The molecule has 0 unspecified atom stereocenters. The number of fused-ring (bicyclic) bond motifs is 5. The number of aliphatic hydroxyl groups excluding tert-OH is 2. The molecule has 0 aromatic carbocycles. The summed E-state index contributed by atoms with van der Waals surface area (Å²) in [4.78, 5) is 50.5. The molecule has 0 heterocycles. The quantitative estimate of drug-likeness (QED) is 0.606. The summed E-state index contributed by atoms with van der Waals surface area (Å²) in [6.45, 7) is 4.08. The molecule has 0 aromatic rings. The molecule has 182 valence electrons. The Hall–Kier alpha value is -2.13. The van der Waals surface area contributed by atoms with E-state index in [-0.39, 0.29) is 49.2 Å². The van der Waals surface area contributed by atoms with Crippen LogP contribution in [0.3, 0.4) is 0 Å². The largest absolute Gasteiger partial charge is 0.509 e. The van der Waals surface area contributed by atoms with Gasteiger partial charge in [-0.15, -0.1) is 0 Å². The average Bonchev–Trinajstić information content (AvgIpc) is 3.04. The minimum absolute atomic E-state index is 0.0175. The lowest BCUT2D eigenvalue weighted by molar-refractivity contribution is -0.233. The topological polar surface area (TPSA) is 127 Å².